The van der Waals surface area contributed by atoms with Crippen molar-refractivity contribution in [1.82, 2.24) is 15.5 Å². The van der Waals surface area contributed by atoms with E-state index < -0.39 is 0 Å². The van der Waals surface area contributed by atoms with Crippen molar-refractivity contribution in [3.63, 3.8) is 0 Å². The van der Waals surface area contributed by atoms with Crippen molar-refractivity contribution in [2.45, 2.75) is 50.8 Å². The SMILES string of the molecule is CC(C)NCCc1nnc(C2(C)CCCS2)o1. The van der Waals surface area contributed by atoms with Gasteiger partial charge in [-0.25, -0.2) is 0 Å². The molecule has 0 amide bonds. The first-order valence-electron chi connectivity index (χ1n) is 6.30. The lowest BCUT2D eigenvalue weighted by molar-refractivity contribution is 0.396. The number of rotatable bonds is 5. The summed E-state index contributed by atoms with van der Waals surface area (Å²) in [4.78, 5) is 0. The molecule has 0 spiro atoms. The van der Waals surface area contributed by atoms with Gasteiger partial charge in [0.15, 0.2) is 0 Å². The highest BCUT2D eigenvalue weighted by Gasteiger charge is 2.36. The Morgan fingerprint density at radius 3 is 2.94 bits per heavy atom. The van der Waals surface area contributed by atoms with Gasteiger partial charge in [-0.15, -0.1) is 22.0 Å². The summed E-state index contributed by atoms with van der Waals surface area (Å²) in [7, 11) is 0. The van der Waals surface area contributed by atoms with E-state index in [9.17, 15) is 0 Å². The van der Waals surface area contributed by atoms with E-state index in [4.69, 9.17) is 4.42 Å². The van der Waals surface area contributed by atoms with Crippen LogP contribution in [0.1, 0.15) is 45.4 Å². The Morgan fingerprint density at radius 1 is 1.47 bits per heavy atom. The summed E-state index contributed by atoms with van der Waals surface area (Å²) >= 11 is 1.93. The van der Waals surface area contributed by atoms with Gasteiger partial charge in [0.05, 0.1) is 4.75 Å². The van der Waals surface area contributed by atoms with Crippen LogP contribution < -0.4 is 5.32 Å². The molecule has 1 aliphatic heterocycles. The van der Waals surface area contributed by atoms with Crippen molar-refractivity contribution in [3.8, 4) is 0 Å². The molecule has 1 unspecified atom stereocenters. The number of aromatic nitrogens is 2. The molecule has 0 aromatic carbocycles. The summed E-state index contributed by atoms with van der Waals surface area (Å²) in [6.45, 7) is 7.36. The average molecular weight is 255 g/mol. The fraction of sp³-hybridized carbons (Fsp3) is 0.833. The maximum absolute atomic E-state index is 5.77. The molecule has 1 saturated heterocycles. The van der Waals surface area contributed by atoms with Crippen LogP contribution in [-0.4, -0.2) is 28.5 Å². The minimum absolute atomic E-state index is 0.0523. The van der Waals surface area contributed by atoms with Gasteiger partial charge < -0.3 is 9.73 Å². The molecular formula is C12H21N3OS. The highest BCUT2D eigenvalue weighted by atomic mass is 32.2. The Hall–Kier alpha value is -0.550. The Morgan fingerprint density at radius 2 is 2.29 bits per heavy atom. The largest absolute Gasteiger partial charge is 0.424 e. The van der Waals surface area contributed by atoms with Crippen LogP contribution in [-0.2, 0) is 11.2 Å². The first-order chi connectivity index (χ1) is 8.10. The molecular weight excluding hydrogens is 234 g/mol. The van der Waals surface area contributed by atoms with Crippen molar-refractivity contribution < 1.29 is 4.42 Å². The van der Waals surface area contributed by atoms with Crippen molar-refractivity contribution in [2.24, 2.45) is 0 Å². The minimum atomic E-state index is 0.0523. The van der Waals surface area contributed by atoms with Crippen LogP contribution in [0, 0.1) is 0 Å². The van der Waals surface area contributed by atoms with E-state index in [1.165, 1.54) is 12.2 Å². The van der Waals surface area contributed by atoms with Crippen LogP contribution in [0.4, 0.5) is 0 Å². The Balaban J connectivity index is 1.91. The molecule has 1 aromatic rings. The average Bonchev–Trinajstić information content (AvgIpc) is 2.87. The summed E-state index contributed by atoms with van der Waals surface area (Å²) in [5.74, 6) is 2.75. The molecule has 1 atom stereocenters. The Labute approximate surface area is 107 Å². The molecule has 2 rings (SSSR count). The second kappa shape index (κ2) is 5.40. The molecule has 0 bridgehead atoms. The lowest BCUT2D eigenvalue weighted by Gasteiger charge is -2.16. The van der Waals surface area contributed by atoms with Gasteiger partial charge in [-0.05, 0) is 25.5 Å². The lowest BCUT2D eigenvalue weighted by Crippen LogP contribution is -2.25. The minimum Gasteiger partial charge on any atom is -0.424 e. The number of hydrogen-bond donors (Lipinski definition) is 1. The third-order valence-corrected chi connectivity index (χ3v) is 4.54. The van der Waals surface area contributed by atoms with Crippen LogP contribution in [0.3, 0.4) is 0 Å². The maximum atomic E-state index is 5.77. The summed E-state index contributed by atoms with van der Waals surface area (Å²) in [5.41, 5.74) is 0. The fourth-order valence-corrected chi connectivity index (χ4v) is 3.22. The third-order valence-electron chi connectivity index (χ3n) is 3.03. The zero-order valence-electron chi connectivity index (χ0n) is 10.8. The molecule has 5 heteroatoms. The molecule has 17 heavy (non-hydrogen) atoms. The van der Waals surface area contributed by atoms with Crippen LogP contribution in [0.5, 0.6) is 0 Å². The van der Waals surface area contributed by atoms with Crippen LogP contribution in [0.2, 0.25) is 0 Å². The summed E-state index contributed by atoms with van der Waals surface area (Å²) in [5, 5.41) is 11.7. The van der Waals surface area contributed by atoms with Crippen LogP contribution in [0.25, 0.3) is 0 Å². The first kappa shape index (κ1) is 12.9. The molecule has 2 heterocycles. The van der Waals surface area contributed by atoms with Gasteiger partial charge in [-0.2, -0.15) is 0 Å². The molecule has 0 radical (unpaired) electrons. The van der Waals surface area contributed by atoms with E-state index in [0.29, 0.717) is 6.04 Å². The molecule has 1 aromatic heterocycles. The van der Waals surface area contributed by atoms with Gasteiger partial charge in [-0.3, -0.25) is 0 Å². The quantitative estimate of drug-likeness (QED) is 0.875. The van der Waals surface area contributed by atoms with E-state index in [2.05, 4.69) is 36.3 Å². The predicted molar refractivity (Wildman–Crippen MR) is 70.2 cm³/mol. The van der Waals surface area contributed by atoms with E-state index in [-0.39, 0.29) is 4.75 Å². The zero-order chi connectivity index (χ0) is 12.3. The van der Waals surface area contributed by atoms with Crippen molar-refractivity contribution >= 4 is 11.8 Å². The van der Waals surface area contributed by atoms with Crippen LogP contribution >= 0.6 is 11.8 Å². The topological polar surface area (TPSA) is 51.0 Å². The van der Waals surface area contributed by atoms with E-state index >= 15 is 0 Å². The van der Waals surface area contributed by atoms with Gasteiger partial charge in [-0.1, -0.05) is 13.8 Å². The fourth-order valence-electron chi connectivity index (χ4n) is 1.98. The van der Waals surface area contributed by atoms with Gasteiger partial charge in [0, 0.05) is 19.0 Å². The zero-order valence-corrected chi connectivity index (χ0v) is 11.6. The van der Waals surface area contributed by atoms with Crippen molar-refractivity contribution in [2.75, 3.05) is 12.3 Å². The standard InChI is InChI=1S/C12H21N3OS/c1-9(2)13-7-5-10-14-15-11(16-10)12(3)6-4-8-17-12/h9,13H,4-8H2,1-3H3. The van der Waals surface area contributed by atoms with Gasteiger partial charge in [0.2, 0.25) is 11.8 Å². The van der Waals surface area contributed by atoms with Crippen LogP contribution in [0.15, 0.2) is 4.42 Å². The van der Waals surface area contributed by atoms with Crippen molar-refractivity contribution in [1.29, 1.82) is 0 Å². The molecule has 1 N–H and O–H groups in total. The number of thioether (sulfide) groups is 1. The predicted octanol–water partition coefficient (Wildman–Crippen LogP) is 2.35. The first-order valence-corrected chi connectivity index (χ1v) is 7.29. The molecule has 0 aliphatic carbocycles. The number of hydrogen-bond acceptors (Lipinski definition) is 5. The lowest BCUT2D eigenvalue weighted by atomic mass is 10.1. The molecule has 1 fully saturated rings. The number of nitrogens with one attached hydrogen (secondary N) is 1. The second-order valence-electron chi connectivity index (χ2n) is 5.04. The monoisotopic (exact) mass is 255 g/mol. The summed E-state index contributed by atoms with van der Waals surface area (Å²) in [6.07, 6.45) is 3.20. The van der Waals surface area contributed by atoms with E-state index in [1.807, 2.05) is 11.8 Å². The Bertz CT molecular complexity index is 358. The molecule has 96 valence electrons. The maximum Gasteiger partial charge on any atom is 0.232 e. The van der Waals surface area contributed by atoms with E-state index in [0.717, 1.165) is 31.2 Å². The van der Waals surface area contributed by atoms with Crippen molar-refractivity contribution in [3.05, 3.63) is 11.8 Å². The van der Waals surface area contributed by atoms with Gasteiger partial charge >= 0.3 is 0 Å². The Kier molecular flexibility index (Phi) is 4.09. The smallest absolute Gasteiger partial charge is 0.232 e. The summed E-state index contributed by atoms with van der Waals surface area (Å²) in [6, 6.07) is 0.500. The number of nitrogens with zero attached hydrogens (tertiary/aromatic N) is 2. The third kappa shape index (κ3) is 3.22. The normalized spacial score (nSPS) is 24.7. The summed E-state index contributed by atoms with van der Waals surface area (Å²) < 4.78 is 5.82. The highest BCUT2D eigenvalue weighted by molar-refractivity contribution is 8.00. The molecule has 4 nitrogen and oxygen atoms in total. The highest BCUT2D eigenvalue weighted by Crippen LogP contribution is 2.45. The van der Waals surface area contributed by atoms with E-state index in [1.54, 1.807) is 0 Å². The molecule has 0 saturated carbocycles. The molecule has 1 aliphatic rings. The van der Waals surface area contributed by atoms with Gasteiger partial charge in [0.25, 0.3) is 0 Å². The second-order valence-corrected chi connectivity index (χ2v) is 6.64. The van der Waals surface area contributed by atoms with Gasteiger partial charge in [0.1, 0.15) is 0 Å².